The lowest BCUT2D eigenvalue weighted by Crippen LogP contribution is -2.34. The number of rotatable bonds is 10. The molecule has 2 heteroatoms. The minimum Gasteiger partial charge on any atom is -0.316 e. The SMILES string of the molecule is CCCCN(CC)CC(C)CNCC(C)C. The van der Waals surface area contributed by atoms with Crippen molar-refractivity contribution >= 4 is 0 Å². The molecule has 0 aromatic carbocycles. The van der Waals surface area contributed by atoms with Gasteiger partial charge >= 0.3 is 0 Å². The van der Waals surface area contributed by atoms with Gasteiger partial charge in [0.05, 0.1) is 0 Å². The standard InChI is InChI=1S/C14H32N2/c1-6-8-9-16(7-2)12-14(5)11-15-10-13(3)4/h13-15H,6-12H2,1-5H3. The van der Waals surface area contributed by atoms with Gasteiger partial charge in [-0.2, -0.15) is 0 Å². The normalized spacial score (nSPS) is 13.7. The molecule has 1 atom stereocenters. The molecule has 0 saturated carbocycles. The lowest BCUT2D eigenvalue weighted by atomic mass is 10.1. The van der Waals surface area contributed by atoms with Crippen molar-refractivity contribution in [1.82, 2.24) is 10.2 Å². The Morgan fingerprint density at radius 1 is 1.06 bits per heavy atom. The van der Waals surface area contributed by atoms with E-state index in [1.165, 1.54) is 32.5 Å². The molecular weight excluding hydrogens is 196 g/mol. The van der Waals surface area contributed by atoms with Crippen LogP contribution >= 0.6 is 0 Å². The van der Waals surface area contributed by atoms with Gasteiger partial charge in [0.25, 0.3) is 0 Å². The highest BCUT2D eigenvalue weighted by molar-refractivity contribution is 4.64. The molecule has 0 heterocycles. The van der Waals surface area contributed by atoms with Crippen LogP contribution in [0.3, 0.4) is 0 Å². The van der Waals surface area contributed by atoms with Crippen molar-refractivity contribution in [2.75, 3.05) is 32.7 Å². The van der Waals surface area contributed by atoms with Gasteiger partial charge in [-0.15, -0.1) is 0 Å². The summed E-state index contributed by atoms with van der Waals surface area (Å²) in [5.74, 6) is 1.52. The van der Waals surface area contributed by atoms with Crippen molar-refractivity contribution in [1.29, 1.82) is 0 Å². The highest BCUT2D eigenvalue weighted by atomic mass is 15.1. The molecule has 0 aliphatic rings. The van der Waals surface area contributed by atoms with Crippen LogP contribution in [0.2, 0.25) is 0 Å². The highest BCUT2D eigenvalue weighted by Gasteiger charge is 2.08. The van der Waals surface area contributed by atoms with E-state index >= 15 is 0 Å². The second-order valence-corrected chi connectivity index (χ2v) is 5.40. The third-order valence-corrected chi connectivity index (χ3v) is 2.89. The summed E-state index contributed by atoms with van der Waals surface area (Å²) in [4.78, 5) is 2.57. The van der Waals surface area contributed by atoms with Gasteiger partial charge in [-0.3, -0.25) is 0 Å². The number of hydrogen-bond acceptors (Lipinski definition) is 2. The first-order valence-electron chi connectivity index (χ1n) is 7.03. The Labute approximate surface area is 103 Å². The van der Waals surface area contributed by atoms with Crippen molar-refractivity contribution in [3.05, 3.63) is 0 Å². The zero-order chi connectivity index (χ0) is 12.4. The van der Waals surface area contributed by atoms with E-state index in [-0.39, 0.29) is 0 Å². The van der Waals surface area contributed by atoms with E-state index in [9.17, 15) is 0 Å². The van der Waals surface area contributed by atoms with Gasteiger partial charge in [0.1, 0.15) is 0 Å². The first kappa shape index (κ1) is 15.9. The summed E-state index contributed by atoms with van der Waals surface area (Å²) >= 11 is 0. The van der Waals surface area contributed by atoms with Gasteiger partial charge < -0.3 is 10.2 Å². The summed E-state index contributed by atoms with van der Waals surface area (Å²) in [5, 5.41) is 3.54. The Balaban J connectivity index is 3.60. The summed E-state index contributed by atoms with van der Waals surface area (Å²) in [7, 11) is 0. The van der Waals surface area contributed by atoms with Crippen LogP contribution in [-0.2, 0) is 0 Å². The third-order valence-electron chi connectivity index (χ3n) is 2.89. The number of nitrogens with zero attached hydrogens (tertiary/aromatic N) is 1. The van der Waals surface area contributed by atoms with Crippen molar-refractivity contribution in [2.45, 2.75) is 47.5 Å². The zero-order valence-electron chi connectivity index (χ0n) is 12.1. The maximum absolute atomic E-state index is 3.54. The number of hydrogen-bond donors (Lipinski definition) is 1. The highest BCUT2D eigenvalue weighted by Crippen LogP contribution is 2.01. The lowest BCUT2D eigenvalue weighted by molar-refractivity contribution is 0.241. The monoisotopic (exact) mass is 228 g/mol. The van der Waals surface area contributed by atoms with Crippen LogP contribution in [0.25, 0.3) is 0 Å². The fourth-order valence-electron chi connectivity index (χ4n) is 1.88. The molecular formula is C14H32N2. The lowest BCUT2D eigenvalue weighted by Gasteiger charge is -2.24. The van der Waals surface area contributed by atoms with Crippen LogP contribution in [-0.4, -0.2) is 37.6 Å². The maximum atomic E-state index is 3.54. The Bertz CT molecular complexity index is 146. The first-order valence-corrected chi connectivity index (χ1v) is 7.03. The fraction of sp³-hybridized carbons (Fsp3) is 1.00. The summed E-state index contributed by atoms with van der Waals surface area (Å²) in [6.07, 6.45) is 2.64. The Kier molecular flexibility index (Phi) is 10.0. The van der Waals surface area contributed by atoms with Gasteiger partial charge in [0.15, 0.2) is 0 Å². The molecule has 0 aliphatic carbocycles. The van der Waals surface area contributed by atoms with Crippen LogP contribution in [0.4, 0.5) is 0 Å². The van der Waals surface area contributed by atoms with Crippen LogP contribution in [0.1, 0.15) is 47.5 Å². The average molecular weight is 228 g/mol. The molecule has 0 aromatic heterocycles. The molecule has 0 bridgehead atoms. The van der Waals surface area contributed by atoms with Crippen LogP contribution in [0.5, 0.6) is 0 Å². The van der Waals surface area contributed by atoms with Crippen molar-refractivity contribution < 1.29 is 0 Å². The topological polar surface area (TPSA) is 15.3 Å². The minimum absolute atomic E-state index is 0.759. The van der Waals surface area contributed by atoms with Crippen LogP contribution in [0, 0.1) is 11.8 Å². The van der Waals surface area contributed by atoms with E-state index in [0.29, 0.717) is 0 Å². The third kappa shape index (κ3) is 9.17. The molecule has 2 nitrogen and oxygen atoms in total. The molecule has 0 rings (SSSR count). The van der Waals surface area contributed by atoms with E-state index < -0.39 is 0 Å². The summed E-state index contributed by atoms with van der Waals surface area (Å²) < 4.78 is 0. The van der Waals surface area contributed by atoms with Crippen LogP contribution in [0.15, 0.2) is 0 Å². The van der Waals surface area contributed by atoms with Gasteiger partial charge in [0, 0.05) is 6.54 Å². The van der Waals surface area contributed by atoms with E-state index in [2.05, 4.69) is 44.8 Å². The van der Waals surface area contributed by atoms with E-state index in [0.717, 1.165) is 24.9 Å². The maximum Gasteiger partial charge on any atom is 0.00190 e. The van der Waals surface area contributed by atoms with E-state index in [4.69, 9.17) is 0 Å². The quantitative estimate of drug-likeness (QED) is 0.618. The van der Waals surface area contributed by atoms with E-state index in [1.807, 2.05) is 0 Å². The zero-order valence-corrected chi connectivity index (χ0v) is 12.1. The van der Waals surface area contributed by atoms with Gasteiger partial charge in [0.2, 0.25) is 0 Å². The second-order valence-electron chi connectivity index (χ2n) is 5.40. The molecule has 1 unspecified atom stereocenters. The second kappa shape index (κ2) is 10.1. The molecule has 1 N–H and O–H groups in total. The predicted octanol–water partition coefficient (Wildman–Crippen LogP) is 2.99. The summed E-state index contributed by atoms with van der Waals surface area (Å²) in [6.45, 7) is 17.4. The van der Waals surface area contributed by atoms with Crippen LogP contribution < -0.4 is 5.32 Å². The Morgan fingerprint density at radius 3 is 2.25 bits per heavy atom. The number of unbranched alkanes of at least 4 members (excludes halogenated alkanes) is 1. The summed E-state index contributed by atoms with van der Waals surface area (Å²) in [6, 6.07) is 0. The van der Waals surface area contributed by atoms with Crippen molar-refractivity contribution in [3.8, 4) is 0 Å². The predicted molar refractivity (Wildman–Crippen MR) is 73.9 cm³/mol. The van der Waals surface area contributed by atoms with Gasteiger partial charge in [-0.25, -0.2) is 0 Å². The Morgan fingerprint density at radius 2 is 1.75 bits per heavy atom. The van der Waals surface area contributed by atoms with Gasteiger partial charge in [-0.1, -0.05) is 41.0 Å². The Hall–Kier alpha value is -0.0800. The minimum atomic E-state index is 0.759. The average Bonchev–Trinajstić information content (AvgIpc) is 2.23. The molecule has 0 fully saturated rings. The smallest absolute Gasteiger partial charge is 0.00190 e. The molecule has 0 amide bonds. The van der Waals surface area contributed by atoms with Gasteiger partial charge in [-0.05, 0) is 44.4 Å². The summed E-state index contributed by atoms with van der Waals surface area (Å²) in [5.41, 5.74) is 0. The fourth-order valence-corrected chi connectivity index (χ4v) is 1.88. The largest absolute Gasteiger partial charge is 0.316 e. The molecule has 0 saturated heterocycles. The molecule has 0 aromatic rings. The molecule has 98 valence electrons. The first-order chi connectivity index (χ1) is 7.60. The van der Waals surface area contributed by atoms with Crippen molar-refractivity contribution in [2.24, 2.45) is 11.8 Å². The number of nitrogens with one attached hydrogen (secondary N) is 1. The molecule has 16 heavy (non-hydrogen) atoms. The molecule has 0 spiro atoms. The van der Waals surface area contributed by atoms with Crippen molar-refractivity contribution in [3.63, 3.8) is 0 Å². The molecule has 0 aliphatic heterocycles. The van der Waals surface area contributed by atoms with E-state index in [1.54, 1.807) is 0 Å². The molecule has 0 radical (unpaired) electrons.